The van der Waals surface area contributed by atoms with Gasteiger partial charge in [-0.2, -0.15) is 0 Å². The highest BCUT2D eigenvalue weighted by molar-refractivity contribution is 5.98. The topological polar surface area (TPSA) is 67.9 Å². The van der Waals surface area contributed by atoms with E-state index < -0.39 is 11.7 Å². The Morgan fingerprint density at radius 3 is 2.87 bits per heavy atom. The van der Waals surface area contributed by atoms with Gasteiger partial charge in [0.05, 0.1) is 13.2 Å². The van der Waals surface area contributed by atoms with Gasteiger partial charge in [0, 0.05) is 36.4 Å². The molecule has 0 bridgehead atoms. The van der Waals surface area contributed by atoms with Crippen molar-refractivity contribution in [1.82, 2.24) is 4.90 Å². The molecule has 7 heteroatoms. The molecular weight excluding hydrogens is 387 g/mol. The molecule has 0 aliphatic carbocycles. The molecule has 0 saturated heterocycles. The third kappa shape index (κ3) is 5.37. The summed E-state index contributed by atoms with van der Waals surface area (Å²) in [5.41, 5.74) is 2.15. The number of hydrogen-bond acceptors (Lipinski definition) is 4. The number of nitrogens with one attached hydrogen (secondary N) is 1. The van der Waals surface area contributed by atoms with Gasteiger partial charge < -0.3 is 19.7 Å². The van der Waals surface area contributed by atoms with E-state index in [1.165, 1.54) is 36.2 Å². The zero-order valence-corrected chi connectivity index (χ0v) is 17.3. The van der Waals surface area contributed by atoms with Crippen molar-refractivity contribution in [2.75, 3.05) is 25.5 Å². The van der Waals surface area contributed by atoms with Crippen LogP contribution in [0.25, 0.3) is 6.08 Å². The van der Waals surface area contributed by atoms with Crippen LogP contribution in [-0.2, 0) is 16.0 Å². The SMILES string of the molecule is CCOc1cc2c(cc1/C=C/C(=O)N(C)CC(=O)Nc1cccc(F)c1)O[C@@H](C)C2. The fourth-order valence-corrected chi connectivity index (χ4v) is 3.21. The maximum Gasteiger partial charge on any atom is 0.246 e. The molecule has 0 spiro atoms. The number of fused-ring (bicyclic) bond motifs is 1. The first-order chi connectivity index (χ1) is 14.4. The second-order valence-electron chi connectivity index (χ2n) is 7.15. The first-order valence-corrected chi connectivity index (χ1v) is 9.80. The van der Waals surface area contributed by atoms with Crippen LogP contribution < -0.4 is 14.8 Å². The summed E-state index contributed by atoms with van der Waals surface area (Å²) in [5, 5.41) is 2.57. The summed E-state index contributed by atoms with van der Waals surface area (Å²) in [5.74, 6) is 0.268. The Bertz CT molecular complexity index is 974. The van der Waals surface area contributed by atoms with Gasteiger partial charge in [-0.15, -0.1) is 0 Å². The van der Waals surface area contributed by atoms with E-state index in [4.69, 9.17) is 9.47 Å². The second-order valence-corrected chi connectivity index (χ2v) is 7.15. The lowest BCUT2D eigenvalue weighted by Gasteiger charge is -2.15. The van der Waals surface area contributed by atoms with Gasteiger partial charge in [-0.25, -0.2) is 4.39 Å². The molecule has 0 aromatic heterocycles. The fraction of sp³-hybridized carbons (Fsp3) is 0.304. The van der Waals surface area contributed by atoms with Gasteiger partial charge >= 0.3 is 0 Å². The van der Waals surface area contributed by atoms with Gasteiger partial charge in [0.1, 0.15) is 23.4 Å². The molecule has 1 aliphatic rings. The number of benzene rings is 2. The molecule has 0 fully saturated rings. The van der Waals surface area contributed by atoms with Gasteiger partial charge in [-0.05, 0) is 50.3 Å². The van der Waals surface area contributed by atoms with E-state index in [-0.39, 0.29) is 18.6 Å². The lowest BCUT2D eigenvalue weighted by molar-refractivity contribution is -0.129. The number of halogens is 1. The molecule has 2 aromatic carbocycles. The number of carbonyl (C=O) groups excluding carboxylic acids is 2. The van der Waals surface area contributed by atoms with Gasteiger partial charge in [-0.1, -0.05) is 6.07 Å². The Morgan fingerprint density at radius 1 is 1.33 bits per heavy atom. The molecule has 158 valence electrons. The zero-order valence-electron chi connectivity index (χ0n) is 17.3. The van der Waals surface area contributed by atoms with Crippen molar-refractivity contribution >= 4 is 23.6 Å². The lowest BCUT2D eigenvalue weighted by Crippen LogP contribution is -2.33. The van der Waals surface area contributed by atoms with E-state index in [0.717, 1.165) is 23.3 Å². The van der Waals surface area contributed by atoms with Crippen LogP contribution in [0.5, 0.6) is 11.5 Å². The van der Waals surface area contributed by atoms with Crippen LogP contribution in [-0.4, -0.2) is 43.0 Å². The number of nitrogens with zero attached hydrogens (tertiary/aromatic N) is 1. The van der Waals surface area contributed by atoms with E-state index in [1.54, 1.807) is 12.1 Å². The van der Waals surface area contributed by atoms with Crippen LogP contribution in [0.3, 0.4) is 0 Å². The van der Waals surface area contributed by atoms with Crippen LogP contribution in [0.2, 0.25) is 0 Å². The minimum atomic E-state index is -0.446. The van der Waals surface area contributed by atoms with Crippen molar-refractivity contribution in [1.29, 1.82) is 0 Å². The molecule has 2 aromatic rings. The molecule has 1 N–H and O–H groups in total. The summed E-state index contributed by atoms with van der Waals surface area (Å²) in [7, 11) is 1.52. The lowest BCUT2D eigenvalue weighted by atomic mass is 10.1. The number of anilines is 1. The van der Waals surface area contributed by atoms with Crippen molar-refractivity contribution in [3.8, 4) is 11.5 Å². The molecule has 1 atom stereocenters. The molecule has 3 rings (SSSR count). The summed E-state index contributed by atoms with van der Waals surface area (Å²) in [4.78, 5) is 25.8. The fourth-order valence-electron chi connectivity index (χ4n) is 3.21. The first-order valence-electron chi connectivity index (χ1n) is 9.80. The second kappa shape index (κ2) is 9.43. The molecule has 0 radical (unpaired) electrons. The summed E-state index contributed by atoms with van der Waals surface area (Å²) >= 11 is 0. The van der Waals surface area contributed by atoms with Crippen LogP contribution in [0, 0.1) is 5.82 Å². The third-order valence-corrected chi connectivity index (χ3v) is 4.60. The van der Waals surface area contributed by atoms with Crippen molar-refractivity contribution in [3.63, 3.8) is 0 Å². The molecule has 0 unspecified atom stereocenters. The average Bonchev–Trinajstić information content (AvgIpc) is 3.04. The Kier molecular flexibility index (Phi) is 6.72. The highest BCUT2D eigenvalue weighted by atomic mass is 19.1. The summed E-state index contributed by atoms with van der Waals surface area (Å²) < 4.78 is 24.7. The quantitative estimate of drug-likeness (QED) is 0.705. The zero-order chi connectivity index (χ0) is 21.7. The van der Waals surface area contributed by atoms with Crippen LogP contribution in [0.15, 0.2) is 42.5 Å². The van der Waals surface area contributed by atoms with Gasteiger partial charge in [-0.3, -0.25) is 9.59 Å². The molecule has 1 heterocycles. The maximum absolute atomic E-state index is 13.2. The van der Waals surface area contributed by atoms with E-state index in [2.05, 4.69) is 5.32 Å². The maximum atomic E-state index is 13.2. The first kappa shape index (κ1) is 21.4. The monoisotopic (exact) mass is 412 g/mol. The number of ether oxygens (including phenoxy) is 2. The van der Waals surface area contributed by atoms with Gasteiger partial charge in [0.15, 0.2) is 0 Å². The Balaban J connectivity index is 1.64. The molecule has 0 saturated carbocycles. The number of amides is 2. The van der Waals surface area contributed by atoms with Crippen LogP contribution in [0.4, 0.5) is 10.1 Å². The Labute approximate surface area is 175 Å². The molecule has 6 nitrogen and oxygen atoms in total. The summed E-state index contributed by atoms with van der Waals surface area (Å²) in [6.45, 7) is 4.24. The summed E-state index contributed by atoms with van der Waals surface area (Å²) in [6, 6.07) is 9.39. The molecule has 2 amide bonds. The largest absolute Gasteiger partial charge is 0.493 e. The molecular formula is C23H25FN2O4. The van der Waals surface area contributed by atoms with Crippen LogP contribution >= 0.6 is 0 Å². The summed E-state index contributed by atoms with van der Waals surface area (Å²) in [6.07, 6.45) is 3.97. The van der Waals surface area contributed by atoms with Crippen molar-refractivity contribution in [3.05, 3.63) is 59.4 Å². The number of likely N-dealkylation sites (N-methyl/N-ethyl adjacent to an activating group) is 1. The van der Waals surface area contributed by atoms with Crippen molar-refractivity contribution in [2.24, 2.45) is 0 Å². The minimum absolute atomic E-state index is 0.109. The van der Waals surface area contributed by atoms with E-state index in [1.807, 2.05) is 26.0 Å². The number of carbonyl (C=O) groups is 2. The number of hydrogen-bond donors (Lipinski definition) is 1. The predicted octanol–water partition coefficient (Wildman–Crippen LogP) is 3.66. The van der Waals surface area contributed by atoms with Crippen LogP contribution in [0.1, 0.15) is 25.0 Å². The normalized spacial score (nSPS) is 14.9. The Morgan fingerprint density at radius 2 is 2.13 bits per heavy atom. The highest BCUT2D eigenvalue weighted by Gasteiger charge is 2.21. The Hall–Kier alpha value is -3.35. The molecule has 30 heavy (non-hydrogen) atoms. The van der Waals surface area contributed by atoms with E-state index >= 15 is 0 Å². The smallest absolute Gasteiger partial charge is 0.246 e. The van der Waals surface area contributed by atoms with E-state index in [0.29, 0.717) is 18.0 Å². The standard InChI is InChI=1S/C23H25FN2O4/c1-4-29-20-12-17-10-15(2)30-21(17)11-16(20)8-9-23(28)26(3)14-22(27)25-19-7-5-6-18(24)13-19/h5-9,11-13,15H,4,10,14H2,1-3H3,(H,25,27)/b9-8+/t15-/m0/s1. The highest BCUT2D eigenvalue weighted by Crippen LogP contribution is 2.35. The number of rotatable bonds is 7. The third-order valence-electron chi connectivity index (χ3n) is 4.60. The van der Waals surface area contributed by atoms with Gasteiger partial charge in [0.2, 0.25) is 11.8 Å². The van der Waals surface area contributed by atoms with Crippen molar-refractivity contribution in [2.45, 2.75) is 26.4 Å². The predicted molar refractivity (Wildman–Crippen MR) is 113 cm³/mol. The average molecular weight is 412 g/mol. The molecule has 1 aliphatic heterocycles. The van der Waals surface area contributed by atoms with Crippen molar-refractivity contribution < 1.29 is 23.5 Å². The van der Waals surface area contributed by atoms with Gasteiger partial charge in [0.25, 0.3) is 0 Å². The van der Waals surface area contributed by atoms with E-state index in [9.17, 15) is 14.0 Å². The minimum Gasteiger partial charge on any atom is -0.493 e.